The lowest BCUT2D eigenvalue weighted by molar-refractivity contribution is -0.148. The first kappa shape index (κ1) is 15.7. The van der Waals surface area contributed by atoms with Crippen LogP contribution in [-0.4, -0.2) is 16.9 Å². The Kier molecular flexibility index (Phi) is 4.81. The molecule has 1 atom stereocenters. The highest BCUT2D eigenvalue weighted by Crippen LogP contribution is 2.51. The van der Waals surface area contributed by atoms with Gasteiger partial charge in [-0.25, -0.2) is 0 Å². The Morgan fingerprint density at radius 2 is 1.76 bits per heavy atom. The number of allylic oxidation sites excluding steroid dienone is 4. The Bertz CT molecular complexity index is 521. The number of aliphatic carboxylic acids is 1. The van der Waals surface area contributed by atoms with Crippen molar-refractivity contribution < 1.29 is 14.7 Å². The molecule has 0 aliphatic heterocycles. The van der Waals surface area contributed by atoms with Gasteiger partial charge in [-0.2, -0.15) is 0 Å². The Morgan fingerprint density at radius 3 is 2.33 bits per heavy atom. The standard InChI is InChI=1S/C18H24O3/c1-3-4-5-6-7-8-9-14-12-15-10-11-16(14)18(15,13(2)19)17(20)21/h10-12H,3-9H2,1-2H3,(H,20,21). The maximum atomic E-state index is 12.0. The van der Waals surface area contributed by atoms with Gasteiger partial charge in [-0.05, 0) is 36.5 Å². The zero-order chi connectivity index (χ0) is 15.5. The Balaban J connectivity index is 2.02. The van der Waals surface area contributed by atoms with Crippen molar-refractivity contribution in [2.75, 3.05) is 0 Å². The number of carbonyl (C=O) groups is 2. The van der Waals surface area contributed by atoms with Crippen molar-refractivity contribution in [3.05, 3.63) is 34.9 Å². The molecule has 1 unspecified atom stereocenters. The average Bonchev–Trinajstić information content (AvgIpc) is 2.96. The molecule has 3 nitrogen and oxygen atoms in total. The van der Waals surface area contributed by atoms with Crippen LogP contribution in [0.4, 0.5) is 0 Å². The van der Waals surface area contributed by atoms with Crippen LogP contribution in [0.3, 0.4) is 0 Å². The minimum absolute atomic E-state index is 0.292. The highest BCUT2D eigenvalue weighted by atomic mass is 16.4. The molecule has 0 saturated carbocycles. The van der Waals surface area contributed by atoms with Crippen LogP contribution in [0.25, 0.3) is 0 Å². The number of fused-ring (bicyclic) bond motifs is 2. The summed E-state index contributed by atoms with van der Waals surface area (Å²) in [7, 11) is 0. The molecule has 2 bridgehead atoms. The highest BCUT2D eigenvalue weighted by molar-refractivity contribution is 6.12. The van der Waals surface area contributed by atoms with Gasteiger partial charge in [0.15, 0.2) is 11.2 Å². The number of unbranched alkanes of at least 4 members (excludes halogenated alkanes) is 5. The first-order valence-electron chi connectivity index (χ1n) is 7.93. The largest absolute Gasteiger partial charge is 0.480 e. The second-order valence-corrected chi connectivity index (χ2v) is 6.00. The van der Waals surface area contributed by atoms with E-state index in [-0.39, 0.29) is 5.78 Å². The van der Waals surface area contributed by atoms with Gasteiger partial charge in [0.25, 0.3) is 0 Å². The fourth-order valence-electron chi connectivity index (χ4n) is 3.43. The minimum atomic E-state index is -1.41. The third-order valence-electron chi connectivity index (χ3n) is 4.59. The van der Waals surface area contributed by atoms with Gasteiger partial charge >= 0.3 is 5.97 Å². The van der Waals surface area contributed by atoms with Crippen molar-refractivity contribution in [3.8, 4) is 0 Å². The van der Waals surface area contributed by atoms with E-state index in [4.69, 9.17) is 0 Å². The van der Waals surface area contributed by atoms with Crippen LogP contribution in [0.2, 0.25) is 0 Å². The summed E-state index contributed by atoms with van der Waals surface area (Å²) in [4.78, 5) is 23.7. The quantitative estimate of drug-likeness (QED) is 0.511. The van der Waals surface area contributed by atoms with E-state index in [1.807, 2.05) is 12.2 Å². The van der Waals surface area contributed by atoms with Gasteiger partial charge in [0.2, 0.25) is 0 Å². The zero-order valence-electron chi connectivity index (χ0n) is 12.9. The fraction of sp³-hybridized carbons (Fsp3) is 0.556. The van der Waals surface area contributed by atoms with Crippen LogP contribution in [0.5, 0.6) is 0 Å². The normalized spacial score (nSPS) is 22.9. The molecular formula is C18H24O3. The molecule has 2 aliphatic carbocycles. The molecule has 0 aromatic heterocycles. The molecule has 2 rings (SSSR count). The number of ketones is 1. The molecule has 114 valence electrons. The molecule has 0 spiro atoms. The molecule has 3 heteroatoms. The lowest BCUT2D eigenvalue weighted by Crippen LogP contribution is -2.37. The Labute approximate surface area is 126 Å². The van der Waals surface area contributed by atoms with Crippen LogP contribution in [0.1, 0.15) is 58.8 Å². The molecule has 0 fully saturated rings. The molecule has 21 heavy (non-hydrogen) atoms. The third-order valence-corrected chi connectivity index (χ3v) is 4.59. The number of carboxylic acids is 1. The van der Waals surface area contributed by atoms with E-state index in [0.29, 0.717) is 11.1 Å². The Hall–Kier alpha value is -1.64. The summed E-state index contributed by atoms with van der Waals surface area (Å²) >= 11 is 0. The summed E-state index contributed by atoms with van der Waals surface area (Å²) < 4.78 is 0. The van der Waals surface area contributed by atoms with Crippen molar-refractivity contribution in [1.82, 2.24) is 0 Å². The van der Waals surface area contributed by atoms with E-state index in [1.165, 1.54) is 39.0 Å². The minimum Gasteiger partial charge on any atom is -0.480 e. The van der Waals surface area contributed by atoms with Gasteiger partial charge in [0.1, 0.15) is 0 Å². The highest BCUT2D eigenvalue weighted by Gasteiger charge is 2.54. The Morgan fingerprint density at radius 1 is 1.10 bits per heavy atom. The predicted molar refractivity (Wildman–Crippen MR) is 83.0 cm³/mol. The van der Waals surface area contributed by atoms with E-state index in [9.17, 15) is 14.7 Å². The maximum absolute atomic E-state index is 12.0. The van der Waals surface area contributed by atoms with Crippen LogP contribution in [-0.2, 0) is 9.59 Å². The molecule has 0 radical (unpaired) electrons. The van der Waals surface area contributed by atoms with E-state index in [2.05, 4.69) is 6.92 Å². The van der Waals surface area contributed by atoms with Gasteiger partial charge in [0, 0.05) is 0 Å². The van der Waals surface area contributed by atoms with Gasteiger partial charge in [-0.1, -0.05) is 57.3 Å². The predicted octanol–water partition coefficient (Wildman–Crippen LogP) is 4.20. The van der Waals surface area contributed by atoms with Crippen molar-refractivity contribution >= 4 is 11.8 Å². The number of rotatable bonds is 9. The second kappa shape index (κ2) is 6.42. The summed E-state index contributed by atoms with van der Waals surface area (Å²) in [5.41, 5.74) is 0.975. The van der Waals surface area contributed by atoms with E-state index in [0.717, 1.165) is 18.4 Å². The van der Waals surface area contributed by atoms with Gasteiger partial charge in [0.05, 0.1) is 0 Å². The smallest absolute Gasteiger partial charge is 0.326 e. The third kappa shape index (κ3) is 2.61. The zero-order valence-corrected chi connectivity index (χ0v) is 12.9. The SMILES string of the molecule is CCCCCCCCC1=C2C=CC(=C1)C2(C(C)=O)C(=O)O. The molecule has 0 aromatic carbocycles. The van der Waals surface area contributed by atoms with Gasteiger partial charge in [-0.15, -0.1) is 0 Å². The van der Waals surface area contributed by atoms with Gasteiger partial charge < -0.3 is 5.11 Å². The van der Waals surface area contributed by atoms with Crippen LogP contribution in [0, 0.1) is 5.41 Å². The number of hydrogen-bond acceptors (Lipinski definition) is 2. The summed E-state index contributed by atoms with van der Waals surface area (Å²) in [6, 6.07) is 0. The maximum Gasteiger partial charge on any atom is 0.326 e. The number of Topliss-reactive ketones (excluding diaryl/α,β-unsaturated/α-hetero) is 1. The number of hydrogen-bond donors (Lipinski definition) is 1. The van der Waals surface area contributed by atoms with Crippen LogP contribution < -0.4 is 0 Å². The van der Waals surface area contributed by atoms with E-state index >= 15 is 0 Å². The molecule has 1 N–H and O–H groups in total. The second-order valence-electron chi connectivity index (χ2n) is 6.00. The molecular weight excluding hydrogens is 264 g/mol. The first-order valence-corrected chi connectivity index (χ1v) is 7.93. The van der Waals surface area contributed by atoms with E-state index < -0.39 is 11.4 Å². The summed E-state index contributed by atoms with van der Waals surface area (Å²) in [5.74, 6) is -1.33. The van der Waals surface area contributed by atoms with E-state index in [1.54, 1.807) is 6.08 Å². The summed E-state index contributed by atoms with van der Waals surface area (Å²) in [6.45, 7) is 3.58. The van der Waals surface area contributed by atoms with Crippen LogP contribution in [0.15, 0.2) is 34.9 Å². The fourth-order valence-corrected chi connectivity index (χ4v) is 3.43. The van der Waals surface area contributed by atoms with Gasteiger partial charge in [-0.3, -0.25) is 9.59 Å². The molecule has 0 saturated heterocycles. The van der Waals surface area contributed by atoms with Crippen LogP contribution >= 0.6 is 0 Å². The monoisotopic (exact) mass is 288 g/mol. The van der Waals surface area contributed by atoms with Crippen molar-refractivity contribution in [2.24, 2.45) is 5.41 Å². The molecule has 2 aliphatic rings. The van der Waals surface area contributed by atoms with Crippen molar-refractivity contribution in [3.63, 3.8) is 0 Å². The molecule has 0 heterocycles. The molecule has 0 amide bonds. The number of carbonyl (C=O) groups excluding carboxylic acids is 1. The number of carboxylic acid groups (broad SMARTS) is 1. The van der Waals surface area contributed by atoms with Crippen molar-refractivity contribution in [2.45, 2.75) is 58.8 Å². The summed E-state index contributed by atoms with van der Waals surface area (Å²) in [5, 5.41) is 9.57. The topological polar surface area (TPSA) is 54.4 Å². The molecule has 0 aromatic rings. The summed E-state index contributed by atoms with van der Waals surface area (Å²) in [6.07, 6.45) is 13.6. The van der Waals surface area contributed by atoms with Crippen molar-refractivity contribution in [1.29, 1.82) is 0 Å². The average molecular weight is 288 g/mol. The lowest BCUT2D eigenvalue weighted by Gasteiger charge is -2.21. The lowest BCUT2D eigenvalue weighted by atomic mass is 9.77. The first-order chi connectivity index (χ1) is 10.0.